The number of benzene rings is 1. The van der Waals surface area contributed by atoms with Crippen molar-refractivity contribution in [1.29, 1.82) is 0 Å². The molecule has 6 heteroatoms. The Morgan fingerprint density at radius 1 is 1.23 bits per heavy atom. The normalized spacial score (nSPS) is 11.5. The number of nitrogens with two attached hydrogens (primary N) is 1. The predicted octanol–water partition coefficient (Wildman–Crippen LogP) is 4.00. The van der Waals surface area contributed by atoms with Crippen molar-refractivity contribution in [2.75, 3.05) is 17.6 Å². The molecule has 0 spiro atoms. The first kappa shape index (κ1) is 17.9. The van der Waals surface area contributed by atoms with Crippen LogP contribution in [0.4, 0.5) is 15.9 Å². The Bertz CT molecular complexity index is 900. The molecule has 3 N–H and O–H groups in total. The molecule has 1 aromatic carbocycles. The minimum Gasteiger partial charge on any atom is -0.394 e. The molecule has 0 amide bonds. The zero-order valence-electron chi connectivity index (χ0n) is 15.0. The number of rotatable bonds is 8. The first-order chi connectivity index (χ1) is 12.7. The first-order valence-electron chi connectivity index (χ1n) is 8.89. The van der Waals surface area contributed by atoms with Crippen LogP contribution in [0, 0.1) is 5.82 Å². The van der Waals surface area contributed by atoms with Crippen LogP contribution in [0.2, 0.25) is 0 Å². The number of nitrogens with one attached hydrogen (secondary N) is 1. The molecule has 2 heterocycles. The summed E-state index contributed by atoms with van der Waals surface area (Å²) in [6.07, 6.45) is 11.2. The minimum absolute atomic E-state index is 0.168. The van der Waals surface area contributed by atoms with Gasteiger partial charge in [0.1, 0.15) is 11.6 Å². The summed E-state index contributed by atoms with van der Waals surface area (Å²) in [5.74, 6) is 0.613. The van der Waals surface area contributed by atoms with Gasteiger partial charge in [0.05, 0.1) is 11.9 Å². The molecule has 0 unspecified atom stereocenters. The molecular weight excluding hydrogens is 329 g/mol. The van der Waals surface area contributed by atoms with Gasteiger partial charge >= 0.3 is 0 Å². The third kappa shape index (κ3) is 4.39. The number of aromatic nitrogens is 3. The highest BCUT2D eigenvalue weighted by molar-refractivity contribution is 5.65. The molecule has 3 rings (SSSR count). The number of halogens is 1. The van der Waals surface area contributed by atoms with E-state index in [2.05, 4.69) is 21.5 Å². The maximum absolute atomic E-state index is 13.5. The minimum atomic E-state index is -0.168. The molecule has 26 heavy (non-hydrogen) atoms. The van der Waals surface area contributed by atoms with Crippen LogP contribution in [-0.2, 0) is 12.8 Å². The lowest BCUT2D eigenvalue weighted by Gasteiger charge is -2.09. The molecule has 0 saturated heterocycles. The summed E-state index contributed by atoms with van der Waals surface area (Å²) in [5.41, 5.74) is 9.34. The Balaban J connectivity index is 1.50. The van der Waals surface area contributed by atoms with Crippen LogP contribution < -0.4 is 11.1 Å². The highest BCUT2D eigenvalue weighted by atomic mass is 19.1. The molecule has 136 valence electrons. The smallest absolute Gasteiger partial charge is 0.180 e. The molecule has 0 radical (unpaired) electrons. The van der Waals surface area contributed by atoms with Gasteiger partial charge in [-0.3, -0.25) is 0 Å². The maximum Gasteiger partial charge on any atom is 0.180 e. The van der Waals surface area contributed by atoms with Crippen molar-refractivity contribution in [3.05, 3.63) is 65.8 Å². The lowest BCUT2D eigenvalue weighted by molar-refractivity contribution is 0.622. The lowest BCUT2D eigenvalue weighted by Crippen LogP contribution is -2.05. The van der Waals surface area contributed by atoms with E-state index >= 15 is 0 Å². The van der Waals surface area contributed by atoms with E-state index in [0.29, 0.717) is 11.3 Å². The number of allylic oxidation sites excluding steroid dienone is 2. The highest BCUT2D eigenvalue weighted by Gasteiger charge is 2.05. The van der Waals surface area contributed by atoms with Crippen LogP contribution in [-0.4, -0.2) is 21.1 Å². The number of nitrogens with zero attached hydrogens (tertiary/aromatic N) is 3. The van der Waals surface area contributed by atoms with Crippen molar-refractivity contribution < 1.29 is 4.39 Å². The Morgan fingerprint density at radius 2 is 2.12 bits per heavy atom. The van der Waals surface area contributed by atoms with Crippen LogP contribution in [0.15, 0.2) is 48.8 Å². The molecule has 0 atom stereocenters. The van der Waals surface area contributed by atoms with Gasteiger partial charge in [-0.1, -0.05) is 18.2 Å². The van der Waals surface area contributed by atoms with Gasteiger partial charge in [-0.15, -0.1) is 0 Å². The molecular formula is C20H24FN5. The number of fused-ring (bicyclic) bond motifs is 1. The second-order valence-electron chi connectivity index (χ2n) is 6.25. The van der Waals surface area contributed by atoms with Crippen molar-refractivity contribution in [3.8, 4) is 0 Å². The van der Waals surface area contributed by atoms with Crippen LogP contribution in [0.25, 0.3) is 5.65 Å². The van der Waals surface area contributed by atoms with E-state index in [1.54, 1.807) is 16.8 Å². The summed E-state index contributed by atoms with van der Waals surface area (Å²) < 4.78 is 15.2. The van der Waals surface area contributed by atoms with Gasteiger partial charge < -0.3 is 11.1 Å². The maximum atomic E-state index is 13.5. The Labute approximate surface area is 152 Å². The molecule has 0 fully saturated rings. The predicted molar refractivity (Wildman–Crippen MR) is 104 cm³/mol. The summed E-state index contributed by atoms with van der Waals surface area (Å²) in [6, 6.07) is 6.96. The Morgan fingerprint density at radius 3 is 2.96 bits per heavy atom. The number of unbranched alkanes of at least 4 members (excludes halogenated alkanes) is 1. The average Bonchev–Trinajstić information content (AvgIpc) is 3.01. The average molecular weight is 353 g/mol. The monoisotopic (exact) mass is 353 g/mol. The number of hydrogen-bond donors (Lipinski definition) is 2. The van der Waals surface area contributed by atoms with Crippen LogP contribution in [0.3, 0.4) is 0 Å². The summed E-state index contributed by atoms with van der Waals surface area (Å²) >= 11 is 0. The van der Waals surface area contributed by atoms with Gasteiger partial charge in [-0.2, -0.15) is 5.10 Å². The number of nitrogen functional groups attached to an aromatic ring is 1. The van der Waals surface area contributed by atoms with Gasteiger partial charge in [0, 0.05) is 12.7 Å². The van der Waals surface area contributed by atoms with E-state index in [0.717, 1.165) is 43.6 Å². The van der Waals surface area contributed by atoms with E-state index in [-0.39, 0.29) is 5.82 Å². The van der Waals surface area contributed by atoms with Gasteiger partial charge in [-0.05, 0) is 61.9 Å². The topological polar surface area (TPSA) is 68.2 Å². The fraction of sp³-hybridized carbons (Fsp3) is 0.300. The largest absolute Gasteiger partial charge is 0.394 e. The molecule has 2 aromatic heterocycles. The molecule has 3 aromatic rings. The first-order valence-corrected chi connectivity index (χ1v) is 8.89. The van der Waals surface area contributed by atoms with Crippen LogP contribution in [0.1, 0.15) is 30.9 Å². The van der Waals surface area contributed by atoms with Gasteiger partial charge in [0.15, 0.2) is 5.65 Å². The quantitative estimate of drug-likeness (QED) is 0.474. The molecule has 0 bridgehead atoms. The van der Waals surface area contributed by atoms with E-state index in [4.69, 9.17) is 5.73 Å². The zero-order valence-corrected chi connectivity index (χ0v) is 15.0. The second-order valence-corrected chi connectivity index (χ2v) is 6.25. The lowest BCUT2D eigenvalue weighted by atomic mass is 9.99. The Kier molecular flexibility index (Phi) is 5.84. The zero-order chi connectivity index (χ0) is 18.4. The van der Waals surface area contributed by atoms with Crippen molar-refractivity contribution in [3.63, 3.8) is 0 Å². The Hall–Kier alpha value is -2.89. The highest BCUT2D eigenvalue weighted by Crippen LogP contribution is 2.16. The fourth-order valence-corrected chi connectivity index (χ4v) is 2.91. The fourth-order valence-electron chi connectivity index (χ4n) is 2.91. The van der Waals surface area contributed by atoms with E-state index in [1.807, 2.05) is 31.3 Å². The molecule has 0 saturated carbocycles. The number of anilines is 2. The van der Waals surface area contributed by atoms with Crippen molar-refractivity contribution in [2.45, 2.75) is 32.6 Å². The van der Waals surface area contributed by atoms with Crippen molar-refractivity contribution >= 4 is 17.2 Å². The standard InChI is InChI=1S/C20H24FN5/c1-2-3-6-15-8-9-17(21)13-16(15)7-4-5-11-23-19-10-12-26-20(25-19)18(22)14-24-26/h2-3,8-10,12-14H,4-7,11,22H2,1H3,(H,23,25). The third-order valence-corrected chi connectivity index (χ3v) is 4.32. The van der Waals surface area contributed by atoms with E-state index < -0.39 is 0 Å². The molecule has 5 nitrogen and oxygen atoms in total. The molecule has 0 aliphatic rings. The van der Waals surface area contributed by atoms with Crippen LogP contribution >= 0.6 is 0 Å². The van der Waals surface area contributed by atoms with Crippen molar-refractivity contribution in [2.24, 2.45) is 0 Å². The van der Waals surface area contributed by atoms with E-state index in [9.17, 15) is 4.39 Å². The summed E-state index contributed by atoms with van der Waals surface area (Å²) in [4.78, 5) is 4.46. The summed E-state index contributed by atoms with van der Waals surface area (Å²) in [7, 11) is 0. The number of hydrogen-bond acceptors (Lipinski definition) is 4. The molecule has 0 aliphatic carbocycles. The van der Waals surface area contributed by atoms with Crippen LogP contribution in [0.5, 0.6) is 0 Å². The van der Waals surface area contributed by atoms with Gasteiger partial charge in [0.25, 0.3) is 0 Å². The van der Waals surface area contributed by atoms with Gasteiger partial charge in [0.2, 0.25) is 0 Å². The van der Waals surface area contributed by atoms with E-state index in [1.165, 1.54) is 11.6 Å². The summed E-state index contributed by atoms with van der Waals surface area (Å²) in [6.45, 7) is 2.80. The van der Waals surface area contributed by atoms with Gasteiger partial charge in [-0.25, -0.2) is 13.9 Å². The van der Waals surface area contributed by atoms with Crippen molar-refractivity contribution in [1.82, 2.24) is 14.6 Å². The molecule has 0 aliphatic heterocycles. The second kappa shape index (κ2) is 8.47. The number of aryl methyl sites for hydroxylation is 1. The third-order valence-electron chi connectivity index (χ3n) is 4.32. The summed E-state index contributed by atoms with van der Waals surface area (Å²) in [5, 5.41) is 7.41. The SMILES string of the molecule is CC=CCc1ccc(F)cc1CCCCNc1ccn2ncc(N)c2n1.